The van der Waals surface area contributed by atoms with Crippen LogP contribution in [0.4, 0.5) is 0 Å². The highest BCUT2D eigenvalue weighted by Crippen LogP contribution is 2.30. The predicted molar refractivity (Wildman–Crippen MR) is 392 cm³/mol. The zero-order chi connectivity index (χ0) is 68.7. The van der Waals surface area contributed by atoms with Crippen LogP contribution in [0.25, 0.3) is 0 Å². The van der Waals surface area contributed by atoms with Gasteiger partial charge in [-0.2, -0.15) is 0 Å². The van der Waals surface area contributed by atoms with Crippen molar-refractivity contribution in [3.05, 3.63) is 12.2 Å². The molecule has 1 amide bonds. The average molecular weight is 1350 g/mol. The number of allylic oxidation sites excluding steroid dienone is 1. The van der Waals surface area contributed by atoms with Crippen molar-refractivity contribution in [2.24, 2.45) is 0 Å². The maximum absolute atomic E-state index is 13.4. The highest BCUT2D eigenvalue weighted by molar-refractivity contribution is 5.76. The summed E-state index contributed by atoms with van der Waals surface area (Å²) in [6, 6.07) is -0.913. The molecule has 95 heavy (non-hydrogen) atoms. The number of nitrogens with one attached hydrogen (secondary N) is 1. The molecule has 0 saturated carbocycles. The van der Waals surface area contributed by atoms with Crippen molar-refractivity contribution in [2.75, 3.05) is 19.8 Å². The predicted octanol–water partition coefficient (Wildman–Crippen LogP) is 18.9. The normalized spacial score (nSPS) is 22.3. The van der Waals surface area contributed by atoms with E-state index in [9.17, 15) is 45.6 Å². The van der Waals surface area contributed by atoms with Gasteiger partial charge < -0.3 is 65.1 Å². The molecule has 0 aliphatic carbocycles. The van der Waals surface area contributed by atoms with Crippen LogP contribution in [0.3, 0.4) is 0 Å². The molecule has 2 saturated heterocycles. The van der Waals surface area contributed by atoms with Gasteiger partial charge in [0.2, 0.25) is 5.91 Å². The van der Waals surface area contributed by atoms with E-state index in [0.29, 0.717) is 0 Å². The van der Waals surface area contributed by atoms with Crippen molar-refractivity contribution in [1.29, 1.82) is 0 Å². The molecule has 0 spiro atoms. The first-order chi connectivity index (χ1) is 46.6. The third kappa shape index (κ3) is 49.1. The summed E-state index contributed by atoms with van der Waals surface area (Å²) < 4.78 is 22.9. The lowest BCUT2D eigenvalue weighted by molar-refractivity contribution is -0.359. The Balaban J connectivity index is 1.60. The van der Waals surface area contributed by atoms with E-state index >= 15 is 0 Å². The number of unbranched alkanes of at least 4 members (excludes halogenated alkanes) is 58. The second kappa shape index (κ2) is 66.0. The molecule has 2 rings (SSSR count). The number of aliphatic hydroxyl groups is 8. The third-order valence-corrected chi connectivity index (χ3v) is 20.7. The minimum atomic E-state index is -1.79. The molecule has 14 heteroatoms. The van der Waals surface area contributed by atoms with Gasteiger partial charge in [-0.25, -0.2) is 0 Å². The molecule has 9 N–H and O–H groups in total. The van der Waals surface area contributed by atoms with E-state index in [1.807, 2.05) is 6.08 Å². The van der Waals surface area contributed by atoms with Gasteiger partial charge in [-0.05, 0) is 19.3 Å². The molecule has 14 nitrogen and oxygen atoms in total. The molecule has 2 fully saturated rings. The summed E-state index contributed by atoms with van der Waals surface area (Å²) in [4.78, 5) is 13.4. The number of carbonyl (C=O) groups is 1. The van der Waals surface area contributed by atoms with Gasteiger partial charge in [0, 0.05) is 6.42 Å². The van der Waals surface area contributed by atoms with Crippen molar-refractivity contribution in [3.63, 3.8) is 0 Å². The van der Waals surface area contributed by atoms with Gasteiger partial charge in [0.05, 0.1) is 32.0 Å². The first-order valence-electron chi connectivity index (χ1n) is 41.4. The summed E-state index contributed by atoms with van der Waals surface area (Å²) in [6.45, 7) is 2.88. The lowest BCUT2D eigenvalue weighted by atomic mass is 9.97. The molecule has 2 aliphatic rings. The second-order valence-corrected chi connectivity index (χ2v) is 29.6. The molecular weight excluding hydrogens is 1190 g/mol. The minimum Gasteiger partial charge on any atom is -0.394 e. The van der Waals surface area contributed by atoms with Gasteiger partial charge in [-0.3, -0.25) is 4.79 Å². The van der Waals surface area contributed by atoms with E-state index in [1.165, 1.54) is 340 Å². The van der Waals surface area contributed by atoms with E-state index in [-0.39, 0.29) is 18.9 Å². The zero-order valence-electron chi connectivity index (χ0n) is 62.0. The fourth-order valence-electron chi connectivity index (χ4n) is 14.2. The van der Waals surface area contributed by atoms with Crippen LogP contribution in [0.1, 0.15) is 406 Å². The number of carbonyl (C=O) groups excluding carboxylic acids is 1. The molecule has 0 aromatic rings. The van der Waals surface area contributed by atoms with Crippen molar-refractivity contribution >= 4 is 5.91 Å². The van der Waals surface area contributed by atoms with E-state index in [0.717, 1.165) is 44.9 Å². The molecule has 0 aromatic carbocycles. The smallest absolute Gasteiger partial charge is 0.220 e. The molecule has 0 aromatic heterocycles. The highest BCUT2D eigenvalue weighted by atomic mass is 16.7. The number of amides is 1. The van der Waals surface area contributed by atoms with Gasteiger partial charge in [0.25, 0.3) is 0 Å². The summed E-state index contributed by atoms with van der Waals surface area (Å²) in [5, 5.41) is 87.7. The van der Waals surface area contributed by atoms with Gasteiger partial charge in [0.1, 0.15) is 48.8 Å². The molecule has 0 bridgehead atoms. The number of ether oxygens (including phenoxy) is 4. The van der Waals surface area contributed by atoms with Crippen molar-refractivity contribution < 1.29 is 64.6 Å². The summed E-state index contributed by atoms with van der Waals surface area (Å²) in [6.07, 6.45) is 67.4. The summed E-state index contributed by atoms with van der Waals surface area (Å²) >= 11 is 0. The molecule has 0 radical (unpaired) electrons. The van der Waals surface area contributed by atoms with Gasteiger partial charge in [-0.15, -0.1) is 0 Å². The van der Waals surface area contributed by atoms with E-state index in [4.69, 9.17) is 18.9 Å². The van der Waals surface area contributed by atoms with Crippen LogP contribution < -0.4 is 5.32 Å². The standard InChI is InChI=1S/C81H157NO13/c1-3-5-7-9-11-13-15-17-19-21-23-25-27-29-31-33-34-35-37-38-40-42-44-46-48-50-52-54-56-58-60-62-64-70(85)69(68-92-80-78(91)76(89)79(72(67-84)94-80)95-81-77(90)75(88)74(87)71(66-83)93-81)82-73(86)65-63-61-59-57-55-53-51-49-47-45-43-41-39-36-32-30-28-26-24-22-20-18-16-14-12-10-8-6-4-2/h62,64,69-72,74-81,83-85,87-91H,3-61,63,65-68H2,1-2H3,(H,82,86)/b64-62+. The Hall–Kier alpha value is -1.27. The zero-order valence-corrected chi connectivity index (χ0v) is 62.0. The minimum absolute atomic E-state index is 0.228. The Bertz CT molecular complexity index is 1640. The van der Waals surface area contributed by atoms with Crippen LogP contribution in [0.15, 0.2) is 12.2 Å². The molecule has 12 atom stereocenters. The first kappa shape index (κ1) is 89.8. The van der Waals surface area contributed by atoms with Crippen molar-refractivity contribution in [3.8, 4) is 0 Å². The van der Waals surface area contributed by atoms with Gasteiger partial charge in [0.15, 0.2) is 12.6 Å². The summed E-state index contributed by atoms with van der Waals surface area (Å²) in [7, 11) is 0. The molecule has 2 heterocycles. The van der Waals surface area contributed by atoms with Crippen LogP contribution in [-0.4, -0.2) is 140 Å². The lowest BCUT2D eigenvalue weighted by Crippen LogP contribution is -2.65. The Morgan fingerprint density at radius 2 is 0.653 bits per heavy atom. The topological polar surface area (TPSA) is 228 Å². The quantitative estimate of drug-likeness (QED) is 0.0204. The largest absolute Gasteiger partial charge is 0.394 e. The van der Waals surface area contributed by atoms with Crippen molar-refractivity contribution in [1.82, 2.24) is 5.32 Å². The van der Waals surface area contributed by atoms with Gasteiger partial charge >= 0.3 is 0 Å². The van der Waals surface area contributed by atoms with E-state index in [2.05, 4.69) is 19.2 Å². The SMILES string of the molecule is CCCCCCCCCCCCCCCCCCCCCCCCCCCCCCCC/C=C/C(O)C(COC1OC(CO)C(OC2OC(CO)C(O)C(O)C2O)C(O)C1O)NC(=O)CCCCCCCCCCCCCCCCCCCCCCCCCCCCCCC. The Morgan fingerprint density at radius 1 is 0.368 bits per heavy atom. The summed E-state index contributed by atoms with van der Waals surface area (Å²) in [5.74, 6) is -0.228. The first-order valence-corrected chi connectivity index (χ1v) is 41.4. The number of hydrogen-bond donors (Lipinski definition) is 9. The van der Waals surface area contributed by atoms with Crippen LogP contribution in [0.5, 0.6) is 0 Å². The Labute approximate surface area is 584 Å². The Morgan fingerprint density at radius 3 is 0.968 bits per heavy atom. The van der Waals surface area contributed by atoms with Crippen LogP contribution in [-0.2, 0) is 23.7 Å². The van der Waals surface area contributed by atoms with Crippen LogP contribution >= 0.6 is 0 Å². The number of hydrogen-bond acceptors (Lipinski definition) is 13. The number of rotatable bonds is 71. The maximum atomic E-state index is 13.4. The Kier molecular flexibility index (Phi) is 62.4. The molecule has 2 aliphatic heterocycles. The fraction of sp³-hybridized carbons (Fsp3) is 0.963. The second-order valence-electron chi connectivity index (χ2n) is 29.6. The average Bonchev–Trinajstić information content (AvgIpc) is 0.934. The molecule has 12 unspecified atom stereocenters. The van der Waals surface area contributed by atoms with E-state index in [1.54, 1.807) is 6.08 Å². The summed E-state index contributed by atoms with van der Waals surface area (Å²) in [5.41, 5.74) is 0. The monoisotopic (exact) mass is 1350 g/mol. The molecular formula is C81H157NO13. The van der Waals surface area contributed by atoms with Crippen LogP contribution in [0.2, 0.25) is 0 Å². The highest BCUT2D eigenvalue weighted by Gasteiger charge is 2.51. The lowest BCUT2D eigenvalue weighted by Gasteiger charge is -2.46. The fourth-order valence-corrected chi connectivity index (χ4v) is 14.2. The number of aliphatic hydroxyl groups excluding tert-OH is 8. The van der Waals surface area contributed by atoms with Crippen LogP contribution in [0, 0.1) is 0 Å². The van der Waals surface area contributed by atoms with Gasteiger partial charge in [-0.1, -0.05) is 392 Å². The van der Waals surface area contributed by atoms with Crippen molar-refractivity contribution in [2.45, 2.75) is 479 Å². The molecule has 564 valence electrons. The third-order valence-electron chi connectivity index (χ3n) is 20.7. The maximum Gasteiger partial charge on any atom is 0.220 e. The van der Waals surface area contributed by atoms with E-state index < -0.39 is 86.8 Å².